The molecule has 0 fully saturated rings. The third-order valence-corrected chi connectivity index (χ3v) is 0.499. The quantitative estimate of drug-likeness (QED) is 0.281. The molecule has 1 atom stereocenters. The molecule has 1 unspecified atom stereocenters. The Hall–Kier alpha value is 0.187. The molecule has 0 aromatic carbocycles. The zero-order chi connectivity index (χ0) is 4.99. The van der Waals surface area contributed by atoms with Crippen LogP contribution >= 0.6 is 9.24 Å². The van der Waals surface area contributed by atoms with Crippen LogP contribution in [0.1, 0.15) is 6.92 Å². The predicted molar refractivity (Wildman–Crippen MR) is 30.3 cm³/mol. The number of allylic oxidation sites excluding steroid dienone is 1. The van der Waals surface area contributed by atoms with E-state index in [1.807, 2.05) is 6.92 Å². The van der Waals surface area contributed by atoms with Crippen molar-refractivity contribution in [3.05, 3.63) is 11.6 Å². The summed E-state index contributed by atoms with van der Waals surface area (Å²) in [7, 11) is 5.29. The van der Waals surface area contributed by atoms with E-state index in [2.05, 4.69) is 24.2 Å². The van der Waals surface area contributed by atoms with Crippen LogP contribution in [-0.4, -0.2) is 10.5 Å². The Morgan fingerprint density at radius 3 is 2.50 bits per heavy atom. The molecule has 0 rings (SSSR count). The summed E-state index contributed by atoms with van der Waals surface area (Å²) in [5.74, 6) is 0. The van der Waals surface area contributed by atoms with E-state index in [1.54, 1.807) is 6.26 Å². The van der Waals surface area contributed by atoms with Crippen molar-refractivity contribution in [3.63, 3.8) is 0 Å². The fourth-order valence-electron chi connectivity index (χ4n) is 0.0929. The van der Waals surface area contributed by atoms with Gasteiger partial charge in [-0.1, -0.05) is 0 Å². The van der Waals surface area contributed by atoms with Gasteiger partial charge < -0.3 is 4.43 Å². The van der Waals surface area contributed by atoms with Crippen molar-refractivity contribution in [2.45, 2.75) is 6.92 Å². The molecule has 0 saturated carbocycles. The fraction of sp³-hybridized carbons (Fsp3) is 0.333. The lowest BCUT2D eigenvalue weighted by molar-refractivity contribution is 0.532. The summed E-state index contributed by atoms with van der Waals surface area (Å²) in [5, 5.41) is 1.06. The van der Waals surface area contributed by atoms with Crippen LogP contribution in [0.25, 0.3) is 0 Å². The first-order valence-electron chi connectivity index (χ1n) is 1.52. The van der Waals surface area contributed by atoms with Crippen molar-refractivity contribution in [3.8, 4) is 0 Å². The lowest BCUT2D eigenvalue weighted by Gasteiger charge is -1.84. The van der Waals surface area contributed by atoms with Gasteiger partial charge in [0.1, 0.15) is 0 Å². The molecule has 6 heavy (non-hydrogen) atoms. The Morgan fingerprint density at radius 2 is 2.50 bits per heavy atom. The summed E-state index contributed by atoms with van der Waals surface area (Å²) in [4.78, 5) is 0. The molecule has 0 aromatic rings. The minimum Gasteiger partial charge on any atom is -0.546 e. The van der Waals surface area contributed by atoms with E-state index in [0.717, 1.165) is 5.31 Å². The fourth-order valence-corrected chi connectivity index (χ4v) is 0.483. The highest BCUT2D eigenvalue weighted by Crippen LogP contribution is 1.99. The molecule has 3 radical (unpaired) electrons. The van der Waals surface area contributed by atoms with Gasteiger partial charge in [0.15, 0.2) is 0 Å². The Bertz CT molecular complexity index is 57.8. The molecule has 0 saturated heterocycles. The van der Waals surface area contributed by atoms with Gasteiger partial charge in [-0.05, 0) is 12.2 Å². The van der Waals surface area contributed by atoms with Crippen LogP contribution in [0.4, 0.5) is 0 Å². The standard InChI is InChI=1S/C3H6OPSi/c1-3(5)2-4-6/h2H,5H2,1H3/b3-2-. The second-order valence-electron chi connectivity index (χ2n) is 0.980. The zero-order valence-electron chi connectivity index (χ0n) is 3.56. The normalized spacial score (nSPS) is 11.5. The van der Waals surface area contributed by atoms with E-state index in [-0.39, 0.29) is 0 Å². The number of hydrogen-bond donors (Lipinski definition) is 0. The first-order chi connectivity index (χ1) is 2.77. The minimum atomic E-state index is 1.06. The Labute approximate surface area is 43.5 Å². The molecule has 33 valence electrons. The Balaban J connectivity index is 3.14. The largest absolute Gasteiger partial charge is 0.546 e. The molecule has 0 aliphatic heterocycles. The van der Waals surface area contributed by atoms with Crippen LogP contribution in [0.15, 0.2) is 11.6 Å². The molecular formula is C3H6OPSi. The summed E-state index contributed by atoms with van der Waals surface area (Å²) >= 11 is 0. The maximum atomic E-state index is 4.43. The van der Waals surface area contributed by atoms with Gasteiger partial charge in [0.25, 0.3) is 0 Å². The zero-order valence-corrected chi connectivity index (χ0v) is 5.72. The van der Waals surface area contributed by atoms with Gasteiger partial charge >= 0.3 is 10.5 Å². The van der Waals surface area contributed by atoms with Crippen molar-refractivity contribution in [2.24, 2.45) is 0 Å². The molecule has 0 aliphatic rings. The van der Waals surface area contributed by atoms with Gasteiger partial charge in [-0.2, -0.15) is 0 Å². The van der Waals surface area contributed by atoms with Crippen LogP contribution < -0.4 is 0 Å². The van der Waals surface area contributed by atoms with Gasteiger partial charge in [0, 0.05) is 0 Å². The maximum Gasteiger partial charge on any atom is 0.340 e. The van der Waals surface area contributed by atoms with Gasteiger partial charge in [0.2, 0.25) is 0 Å². The first kappa shape index (κ1) is 6.19. The molecule has 1 nitrogen and oxygen atoms in total. The van der Waals surface area contributed by atoms with Crippen molar-refractivity contribution < 1.29 is 4.43 Å². The average molecular weight is 117 g/mol. The van der Waals surface area contributed by atoms with Crippen molar-refractivity contribution in [1.82, 2.24) is 0 Å². The van der Waals surface area contributed by atoms with E-state index >= 15 is 0 Å². The molecule has 3 heteroatoms. The highest BCUT2D eigenvalue weighted by molar-refractivity contribution is 7.22. The number of rotatable bonds is 1. The van der Waals surface area contributed by atoms with Gasteiger partial charge in [-0.15, -0.1) is 9.24 Å². The SMILES string of the molecule is C/C(P)=C/O[Si]. The monoisotopic (exact) mass is 117 g/mol. The second kappa shape index (κ2) is 3.38. The van der Waals surface area contributed by atoms with E-state index in [0.29, 0.717) is 0 Å². The third kappa shape index (κ3) is 4.19. The molecule has 0 bridgehead atoms. The maximum absolute atomic E-state index is 4.43. The summed E-state index contributed by atoms with van der Waals surface area (Å²) < 4.78 is 4.43. The third-order valence-electron chi connectivity index (χ3n) is 0.245. The van der Waals surface area contributed by atoms with Gasteiger partial charge in [0.05, 0.1) is 6.26 Å². The first-order valence-corrected chi connectivity index (χ1v) is 2.50. The number of hydrogen-bond acceptors (Lipinski definition) is 1. The lowest BCUT2D eigenvalue weighted by atomic mass is 10.7. The highest BCUT2D eigenvalue weighted by atomic mass is 31.0. The minimum absolute atomic E-state index is 1.06. The summed E-state index contributed by atoms with van der Waals surface area (Å²) in [6.45, 7) is 1.92. The average Bonchev–Trinajstić information content (AvgIpc) is 1.35. The van der Waals surface area contributed by atoms with Crippen LogP contribution in [-0.2, 0) is 4.43 Å². The predicted octanol–water partition coefficient (Wildman–Crippen LogP) is 0.823. The molecular weight excluding hydrogens is 111 g/mol. The second-order valence-corrected chi connectivity index (χ2v) is 2.13. The lowest BCUT2D eigenvalue weighted by Crippen LogP contribution is -1.66. The van der Waals surface area contributed by atoms with Crippen LogP contribution in [0.3, 0.4) is 0 Å². The highest BCUT2D eigenvalue weighted by Gasteiger charge is 1.67. The molecule has 0 aromatic heterocycles. The molecule has 0 aliphatic carbocycles. The molecule has 0 heterocycles. The van der Waals surface area contributed by atoms with Crippen LogP contribution in [0, 0.1) is 0 Å². The summed E-state index contributed by atoms with van der Waals surface area (Å²) in [6, 6.07) is 0. The smallest absolute Gasteiger partial charge is 0.340 e. The van der Waals surface area contributed by atoms with E-state index in [1.165, 1.54) is 0 Å². The summed E-state index contributed by atoms with van der Waals surface area (Å²) in [5.41, 5.74) is 0. The van der Waals surface area contributed by atoms with Crippen LogP contribution in [0.5, 0.6) is 0 Å². The van der Waals surface area contributed by atoms with Crippen molar-refractivity contribution >= 4 is 19.7 Å². The molecule has 0 spiro atoms. The van der Waals surface area contributed by atoms with Gasteiger partial charge in [-0.25, -0.2) is 0 Å². The molecule has 0 amide bonds. The Morgan fingerprint density at radius 1 is 2.00 bits per heavy atom. The van der Waals surface area contributed by atoms with Crippen molar-refractivity contribution in [2.75, 3.05) is 0 Å². The van der Waals surface area contributed by atoms with E-state index < -0.39 is 0 Å². The summed E-state index contributed by atoms with van der Waals surface area (Å²) in [6.07, 6.45) is 1.58. The van der Waals surface area contributed by atoms with Crippen LogP contribution in [0.2, 0.25) is 0 Å². The molecule has 0 N–H and O–H groups in total. The van der Waals surface area contributed by atoms with Crippen molar-refractivity contribution in [1.29, 1.82) is 0 Å². The topological polar surface area (TPSA) is 9.23 Å². The van der Waals surface area contributed by atoms with E-state index in [9.17, 15) is 0 Å². The van der Waals surface area contributed by atoms with Gasteiger partial charge in [-0.3, -0.25) is 0 Å². The van der Waals surface area contributed by atoms with E-state index in [4.69, 9.17) is 0 Å². The Kier molecular flexibility index (Phi) is 3.48.